The van der Waals surface area contributed by atoms with Crippen molar-refractivity contribution < 1.29 is 51.7 Å². The maximum absolute atomic E-state index is 12.5. The predicted octanol–water partition coefficient (Wildman–Crippen LogP) is 0.658. The standard InChI is InChI=1S/C16H23F3N5O8PS/c1-30-4-3-20-12-9-13(23-15(22-12)34-5-2-16(17,18)19)24(7-21-9)14-11(26)10(25)8(32-14)6-31-33(27,28)29/h7-8,10-11,14,25-26H,2-6H2,1H3,(H,20,22,23)(H2,27,28,29)/t8-,10-,11-,14-/m1/s1. The molecule has 0 aromatic carbocycles. The van der Waals surface area contributed by atoms with Gasteiger partial charge >= 0.3 is 14.0 Å². The number of alkyl halides is 3. The summed E-state index contributed by atoms with van der Waals surface area (Å²) < 4.78 is 64.7. The second kappa shape index (κ2) is 11.0. The van der Waals surface area contributed by atoms with Gasteiger partial charge in [0.2, 0.25) is 0 Å². The van der Waals surface area contributed by atoms with Gasteiger partial charge in [-0.05, 0) is 0 Å². The highest BCUT2D eigenvalue weighted by atomic mass is 32.2. The molecule has 1 aliphatic rings. The molecule has 0 bridgehead atoms. The van der Waals surface area contributed by atoms with E-state index < -0.39 is 51.6 Å². The number of aromatic nitrogens is 4. The number of thioether (sulfide) groups is 1. The molecule has 1 fully saturated rings. The van der Waals surface area contributed by atoms with Crippen molar-refractivity contribution in [3.05, 3.63) is 6.33 Å². The molecule has 3 heterocycles. The monoisotopic (exact) mass is 533 g/mol. The van der Waals surface area contributed by atoms with E-state index in [1.54, 1.807) is 0 Å². The van der Waals surface area contributed by atoms with Gasteiger partial charge < -0.3 is 34.8 Å². The van der Waals surface area contributed by atoms with Gasteiger partial charge in [0, 0.05) is 19.4 Å². The van der Waals surface area contributed by atoms with Crippen LogP contribution in [-0.4, -0.2) is 96.6 Å². The summed E-state index contributed by atoms with van der Waals surface area (Å²) in [6.07, 6.45) is -9.84. The van der Waals surface area contributed by atoms with E-state index >= 15 is 0 Å². The van der Waals surface area contributed by atoms with Crippen molar-refractivity contribution in [1.29, 1.82) is 0 Å². The molecule has 3 rings (SSSR count). The predicted molar refractivity (Wildman–Crippen MR) is 111 cm³/mol. The molecule has 1 saturated heterocycles. The zero-order valence-electron chi connectivity index (χ0n) is 17.6. The fraction of sp³-hybridized carbons (Fsp3) is 0.688. The molecule has 18 heteroatoms. The Hall–Kier alpha value is -1.56. The van der Waals surface area contributed by atoms with E-state index in [1.807, 2.05) is 0 Å². The number of aliphatic hydroxyl groups excluding tert-OH is 2. The number of anilines is 1. The van der Waals surface area contributed by atoms with Crippen molar-refractivity contribution in [2.75, 3.05) is 37.9 Å². The Kier molecular flexibility index (Phi) is 8.75. The highest BCUT2D eigenvalue weighted by Gasteiger charge is 2.45. The van der Waals surface area contributed by atoms with E-state index in [2.05, 4.69) is 24.8 Å². The van der Waals surface area contributed by atoms with E-state index in [1.165, 1.54) is 18.0 Å². The number of hydrogen-bond donors (Lipinski definition) is 5. The third-order valence-electron chi connectivity index (χ3n) is 4.63. The van der Waals surface area contributed by atoms with Crippen LogP contribution in [0.5, 0.6) is 0 Å². The number of aliphatic hydroxyl groups is 2. The zero-order valence-corrected chi connectivity index (χ0v) is 19.3. The van der Waals surface area contributed by atoms with Crippen LogP contribution in [-0.2, 0) is 18.6 Å². The maximum Gasteiger partial charge on any atom is 0.469 e. The van der Waals surface area contributed by atoms with Gasteiger partial charge in [-0.25, -0.2) is 19.5 Å². The van der Waals surface area contributed by atoms with Crippen LogP contribution in [0, 0.1) is 0 Å². The Labute approximate surface area is 194 Å². The number of rotatable bonds is 11. The van der Waals surface area contributed by atoms with Crippen molar-refractivity contribution in [3.63, 3.8) is 0 Å². The molecular weight excluding hydrogens is 510 g/mol. The summed E-state index contributed by atoms with van der Waals surface area (Å²) in [5.41, 5.74) is 0.314. The first kappa shape index (κ1) is 27.0. The van der Waals surface area contributed by atoms with E-state index in [-0.39, 0.29) is 27.9 Å². The number of nitrogens with one attached hydrogen (secondary N) is 1. The molecular formula is C16H23F3N5O8PS. The number of fused-ring (bicyclic) bond motifs is 1. The van der Waals surface area contributed by atoms with Gasteiger partial charge in [-0.2, -0.15) is 13.2 Å². The number of phosphoric acid groups is 1. The molecule has 0 spiro atoms. The van der Waals surface area contributed by atoms with Gasteiger partial charge in [0.25, 0.3) is 0 Å². The molecule has 2 aromatic heterocycles. The third-order valence-corrected chi connectivity index (χ3v) is 5.97. The smallest absolute Gasteiger partial charge is 0.387 e. The fourth-order valence-corrected chi connectivity index (χ4v) is 4.23. The lowest BCUT2D eigenvalue weighted by Gasteiger charge is -2.17. The maximum atomic E-state index is 12.5. The minimum Gasteiger partial charge on any atom is -0.387 e. The SMILES string of the molecule is COCCNc1nc(SCCC(F)(F)F)nc2c1ncn2[C@@H]1O[C@H](COP(=O)(O)O)[C@@H](O)[C@H]1O. The van der Waals surface area contributed by atoms with E-state index in [9.17, 15) is 27.9 Å². The normalized spacial score (nSPS) is 23.6. The summed E-state index contributed by atoms with van der Waals surface area (Å²) in [6, 6.07) is 0. The Morgan fingerprint density at radius 3 is 2.68 bits per heavy atom. The highest BCUT2D eigenvalue weighted by Crippen LogP contribution is 2.39. The second-order valence-electron chi connectivity index (χ2n) is 7.14. The van der Waals surface area contributed by atoms with Crippen LogP contribution in [0.3, 0.4) is 0 Å². The summed E-state index contributed by atoms with van der Waals surface area (Å²) in [4.78, 5) is 30.4. The topological polar surface area (TPSA) is 181 Å². The largest absolute Gasteiger partial charge is 0.469 e. The fourth-order valence-electron chi connectivity index (χ4n) is 3.07. The zero-order chi connectivity index (χ0) is 25.1. The van der Waals surface area contributed by atoms with Crippen molar-refractivity contribution in [1.82, 2.24) is 19.5 Å². The molecule has 0 saturated carbocycles. The van der Waals surface area contributed by atoms with Crippen LogP contribution in [0.25, 0.3) is 11.2 Å². The minimum atomic E-state index is -4.85. The summed E-state index contributed by atoms with van der Waals surface area (Å²) >= 11 is 0.769. The molecule has 0 unspecified atom stereocenters. The highest BCUT2D eigenvalue weighted by molar-refractivity contribution is 7.99. The molecule has 34 heavy (non-hydrogen) atoms. The number of methoxy groups -OCH3 is 1. The molecule has 1 aliphatic heterocycles. The third kappa shape index (κ3) is 6.99. The van der Waals surface area contributed by atoms with Crippen LogP contribution in [0.4, 0.5) is 19.0 Å². The number of ether oxygens (including phenoxy) is 2. The molecule has 13 nitrogen and oxygen atoms in total. The Bertz CT molecular complexity index is 1020. The van der Waals surface area contributed by atoms with Gasteiger partial charge in [-0.15, -0.1) is 0 Å². The first-order chi connectivity index (χ1) is 15.9. The van der Waals surface area contributed by atoms with Gasteiger partial charge in [0.15, 0.2) is 28.4 Å². The average Bonchev–Trinajstić information content (AvgIpc) is 3.27. The average molecular weight is 533 g/mol. The van der Waals surface area contributed by atoms with Crippen molar-refractivity contribution in [2.45, 2.75) is 42.3 Å². The second-order valence-corrected chi connectivity index (χ2v) is 9.45. The molecule has 4 atom stereocenters. The van der Waals surface area contributed by atoms with Crippen LogP contribution >= 0.6 is 19.6 Å². The lowest BCUT2D eigenvalue weighted by atomic mass is 10.1. The number of phosphoric ester groups is 1. The van der Waals surface area contributed by atoms with Crippen molar-refractivity contribution >= 4 is 36.6 Å². The minimum absolute atomic E-state index is 0.00725. The summed E-state index contributed by atoms with van der Waals surface area (Å²) in [6.45, 7) is -0.0885. The quantitative estimate of drug-likeness (QED) is 0.118. The summed E-state index contributed by atoms with van der Waals surface area (Å²) in [5.74, 6) is -0.117. The molecule has 2 aromatic rings. The number of halogens is 3. The Morgan fingerprint density at radius 2 is 2.03 bits per heavy atom. The first-order valence-corrected chi connectivity index (χ1v) is 12.3. The van der Waals surface area contributed by atoms with E-state index in [4.69, 9.17) is 19.3 Å². The van der Waals surface area contributed by atoms with E-state index in [0.29, 0.717) is 13.2 Å². The van der Waals surface area contributed by atoms with Gasteiger partial charge in [0.05, 0.1) is 26.0 Å². The Balaban J connectivity index is 1.89. The molecule has 192 valence electrons. The van der Waals surface area contributed by atoms with Gasteiger partial charge in [0.1, 0.15) is 18.3 Å². The molecule has 0 radical (unpaired) electrons. The molecule has 0 amide bonds. The molecule has 0 aliphatic carbocycles. The molecule has 5 N–H and O–H groups in total. The van der Waals surface area contributed by atoms with Crippen LogP contribution < -0.4 is 5.32 Å². The van der Waals surface area contributed by atoms with Crippen LogP contribution in [0.1, 0.15) is 12.6 Å². The van der Waals surface area contributed by atoms with Crippen LogP contribution in [0.15, 0.2) is 11.5 Å². The van der Waals surface area contributed by atoms with Gasteiger partial charge in [-0.3, -0.25) is 9.09 Å². The summed E-state index contributed by atoms with van der Waals surface area (Å²) in [5, 5.41) is 23.6. The first-order valence-electron chi connectivity index (χ1n) is 9.78. The number of imidazole rings is 1. The van der Waals surface area contributed by atoms with E-state index in [0.717, 1.165) is 11.8 Å². The van der Waals surface area contributed by atoms with Gasteiger partial charge in [-0.1, -0.05) is 11.8 Å². The summed E-state index contributed by atoms with van der Waals surface area (Å²) in [7, 11) is -3.36. The van der Waals surface area contributed by atoms with Crippen molar-refractivity contribution in [3.8, 4) is 0 Å². The Morgan fingerprint density at radius 1 is 1.29 bits per heavy atom. The lowest BCUT2D eigenvalue weighted by Crippen LogP contribution is -2.33. The number of hydrogen-bond acceptors (Lipinski definition) is 11. The van der Waals surface area contributed by atoms with Crippen LogP contribution in [0.2, 0.25) is 0 Å². The lowest BCUT2D eigenvalue weighted by molar-refractivity contribution is -0.129. The number of nitrogens with zero attached hydrogens (tertiary/aromatic N) is 4. The van der Waals surface area contributed by atoms with Crippen molar-refractivity contribution in [2.24, 2.45) is 0 Å².